The number of rotatable bonds is 3. The van der Waals surface area contributed by atoms with Crippen molar-refractivity contribution < 1.29 is 14.6 Å². The molecule has 4 nitrogen and oxygen atoms in total. The summed E-state index contributed by atoms with van der Waals surface area (Å²) in [5, 5.41) is 9.17. The third-order valence-electron chi connectivity index (χ3n) is 2.29. The van der Waals surface area contributed by atoms with E-state index < -0.39 is 5.91 Å². The first kappa shape index (κ1) is 12.4. The van der Waals surface area contributed by atoms with E-state index >= 15 is 0 Å². The summed E-state index contributed by atoms with van der Waals surface area (Å²) in [6.07, 6.45) is 0. The van der Waals surface area contributed by atoms with Gasteiger partial charge in [0.25, 0.3) is 5.91 Å². The molecule has 0 atom stereocenters. The number of hydrogen-bond donors (Lipinski definition) is 2. The number of phenols is 1. The van der Waals surface area contributed by atoms with Gasteiger partial charge in [-0.05, 0) is 52.3 Å². The van der Waals surface area contributed by atoms with Crippen LogP contribution >= 0.6 is 15.9 Å². The van der Waals surface area contributed by atoms with E-state index in [9.17, 15) is 9.90 Å². The number of amides is 1. The van der Waals surface area contributed by atoms with Crippen LogP contribution in [-0.2, 0) is 0 Å². The van der Waals surface area contributed by atoms with Crippen molar-refractivity contribution in [3.63, 3.8) is 0 Å². The molecule has 3 N–H and O–H groups in total. The zero-order valence-corrected chi connectivity index (χ0v) is 10.8. The van der Waals surface area contributed by atoms with Crippen LogP contribution in [0, 0.1) is 0 Å². The summed E-state index contributed by atoms with van der Waals surface area (Å²) in [6.45, 7) is 0. The Balaban J connectivity index is 2.37. The predicted octanol–water partition coefficient (Wildman–Crippen LogP) is 3.05. The Labute approximate surface area is 112 Å². The second-order valence-electron chi connectivity index (χ2n) is 3.57. The van der Waals surface area contributed by atoms with Gasteiger partial charge < -0.3 is 15.6 Å². The average Bonchev–Trinajstić information content (AvgIpc) is 2.32. The number of carbonyl (C=O) groups is 1. The molecule has 0 saturated carbocycles. The lowest BCUT2D eigenvalue weighted by Crippen LogP contribution is -2.13. The monoisotopic (exact) mass is 307 g/mol. The van der Waals surface area contributed by atoms with E-state index in [2.05, 4.69) is 15.9 Å². The van der Waals surface area contributed by atoms with Crippen molar-refractivity contribution in [2.24, 2.45) is 5.73 Å². The molecule has 0 saturated heterocycles. The van der Waals surface area contributed by atoms with E-state index in [1.54, 1.807) is 30.3 Å². The summed E-state index contributed by atoms with van der Waals surface area (Å²) >= 11 is 3.25. The van der Waals surface area contributed by atoms with Gasteiger partial charge in [-0.3, -0.25) is 4.79 Å². The number of primary amides is 1. The zero-order chi connectivity index (χ0) is 13.1. The van der Waals surface area contributed by atoms with Crippen LogP contribution in [0.2, 0.25) is 0 Å². The molecular formula is C13H10BrNO3. The van der Waals surface area contributed by atoms with E-state index in [-0.39, 0.29) is 11.3 Å². The molecule has 0 aliphatic heterocycles. The smallest absolute Gasteiger partial charge is 0.253 e. The molecule has 0 radical (unpaired) electrons. The van der Waals surface area contributed by atoms with E-state index in [1.807, 2.05) is 0 Å². The quantitative estimate of drug-likeness (QED) is 0.915. The molecule has 92 valence electrons. The Hall–Kier alpha value is -2.01. The lowest BCUT2D eigenvalue weighted by molar-refractivity contribution is 0.0997. The van der Waals surface area contributed by atoms with Crippen molar-refractivity contribution in [3.05, 3.63) is 52.5 Å². The third-order valence-corrected chi connectivity index (χ3v) is 2.95. The molecule has 5 heteroatoms. The van der Waals surface area contributed by atoms with Gasteiger partial charge in [-0.25, -0.2) is 0 Å². The molecule has 0 spiro atoms. The molecule has 0 unspecified atom stereocenters. The van der Waals surface area contributed by atoms with E-state index in [4.69, 9.17) is 10.5 Å². The molecule has 2 aromatic rings. The topological polar surface area (TPSA) is 72.6 Å². The van der Waals surface area contributed by atoms with Crippen LogP contribution in [0.15, 0.2) is 46.9 Å². The number of halogens is 1. The molecule has 2 aromatic carbocycles. The second-order valence-corrected chi connectivity index (χ2v) is 4.43. The normalized spacial score (nSPS) is 10.1. The Kier molecular flexibility index (Phi) is 3.53. The summed E-state index contributed by atoms with van der Waals surface area (Å²) in [4.78, 5) is 11.4. The number of hydrogen-bond acceptors (Lipinski definition) is 3. The molecule has 2 rings (SSSR count). The van der Waals surface area contributed by atoms with Gasteiger partial charge in [0, 0.05) is 4.47 Å². The predicted molar refractivity (Wildman–Crippen MR) is 70.8 cm³/mol. The van der Waals surface area contributed by atoms with Crippen molar-refractivity contribution in [1.29, 1.82) is 0 Å². The van der Waals surface area contributed by atoms with Gasteiger partial charge in [0.1, 0.15) is 17.2 Å². The molecule has 1 amide bonds. The standard InChI is InChI=1S/C13H10BrNO3/c14-10-2-1-3-11(12(10)13(15)17)18-9-6-4-8(16)5-7-9/h1-7,16H,(H2,15,17). The fourth-order valence-corrected chi connectivity index (χ4v) is 2.01. The molecule has 0 aliphatic carbocycles. The average molecular weight is 308 g/mol. The van der Waals surface area contributed by atoms with E-state index in [1.165, 1.54) is 12.1 Å². The summed E-state index contributed by atoms with van der Waals surface area (Å²) in [5.74, 6) is 0.443. The number of nitrogens with two attached hydrogens (primary N) is 1. The minimum atomic E-state index is -0.573. The minimum Gasteiger partial charge on any atom is -0.508 e. The van der Waals surface area contributed by atoms with Gasteiger partial charge in [-0.15, -0.1) is 0 Å². The number of carbonyl (C=O) groups excluding carboxylic acids is 1. The highest BCUT2D eigenvalue weighted by Gasteiger charge is 2.13. The SMILES string of the molecule is NC(=O)c1c(Br)cccc1Oc1ccc(O)cc1. The Morgan fingerprint density at radius 1 is 1.17 bits per heavy atom. The molecule has 0 aromatic heterocycles. The molecule has 0 heterocycles. The van der Waals surface area contributed by atoms with Gasteiger partial charge in [0.2, 0.25) is 0 Å². The van der Waals surface area contributed by atoms with Crippen LogP contribution in [0.5, 0.6) is 17.2 Å². The third kappa shape index (κ3) is 2.62. The Morgan fingerprint density at radius 2 is 1.83 bits per heavy atom. The first-order valence-corrected chi connectivity index (χ1v) is 5.92. The number of benzene rings is 2. The lowest BCUT2D eigenvalue weighted by atomic mass is 10.2. The highest BCUT2D eigenvalue weighted by Crippen LogP contribution is 2.30. The summed E-state index contributed by atoms with van der Waals surface area (Å²) in [7, 11) is 0. The van der Waals surface area contributed by atoms with Crippen LogP contribution in [-0.4, -0.2) is 11.0 Å². The fraction of sp³-hybridized carbons (Fsp3) is 0. The Morgan fingerprint density at radius 3 is 2.44 bits per heavy atom. The maximum Gasteiger partial charge on any atom is 0.253 e. The largest absolute Gasteiger partial charge is 0.508 e. The maximum atomic E-state index is 11.4. The van der Waals surface area contributed by atoms with Crippen molar-refractivity contribution in [3.8, 4) is 17.2 Å². The van der Waals surface area contributed by atoms with Crippen molar-refractivity contribution >= 4 is 21.8 Å². The molecule has 18 heavy (non-hydrogen) atoms. The fourth-order valence-electron chi connectivity index (χ4n) is 1.47. The summed E-state index contributed by atoms with van der Waals surface area (Å²) in [5.41, 5.74) is 5.59. The van der Waals surface area contributed by atoms with Crippen LogP contribution < -0.4 is 10.5 Å². The lowest BCUT2D eigenvalue weighted by Gasteiger charge is -2.10. The van der Waals surface area contributed by atoms with Gasteiger partial charge in [-0.1, -0.05) is 6.07 Å². The molecule has 0 aliphatic rings. The van der Waals surface area contributed by atoms with Crippen LogP contribution in [0.1, 0.15) is 10.4 Å². The molecule has 0 fully saturated rings. The maximum absolute atomic E-state index is 11.4. The van der Waals surface area contributed by atoms with Crippen LogP contribution in [0.3, 0.4) is 0 Å². The van der Waals surface area contributed by atoms with E-state index in [0.29, 0.717) is 16.0 Å². The minimum absolute atomic E-state index is 0.145. The van der Waals surface area contributed by atoms with Gasteiger partial charge in [0.15, 0.2) is 0 Å². The van der Waals surface area contributed by atoms with Crippen molar-refractivity contribution in [2.45, 2.75) is 0 Å². The van der Waals surface area contributed by atoms with Crippen molar-refractivity contribution in [1.82, 2.24) is 0 Å². The Bertz CT molecular complexity index is 581. The molecule has 0 bridgehead atoms. The molecular weight excluding hydrogens is 298 g/mol. The van der Waals surface area contributed by atoms with Crippen LogP contribution in [0.25, 0.3) is 0 Å². The van der Waals surface area contributed by atoms with Crippen LogP contribution in [0.4, 0.5) is 0 Å². The first-order valence-electron chi connectivity index (χ1n) is 5.13. The zero-order valence-electron chi connectivity index (χ0n) is 9.26. The van der Waals surface area contributed by atoms with E-state index in [0.717, 1.165) is 0 Å². The van der Waals surface area contributed by atoms with Crippen molar-refractivity contribution in [2.75, 3.05) is 0 Å². The summed E-state index contributed by atoms with van der Waals surface area (Å²) < 4.78 is 6.14. The number of phenolic OH excluding ortho intramolecular Hbond substituents is 1. The van der Waals surface area contributed by atoms with Gasteiger partial charge in [0.05, 0.1) is 5.56 Å². The highest BCUT2D eigenvalue weighted by molar-refractivity contribution is 9.10. The number of aromatic hydroxyl groups is 1. The van der Waals surface area contributed by atoms with Gasteiger partial charge in [-0.2, -0.15) is 0 Å². The van der Waals surface area contributed by atoms with Gasteiger partial charge >= 0.3 is 0 Å². The number of ether oxygens (including phenoxy) is 1. The first-order chi connectivity index (χ1) is 8.58. The summed E-state index contributed by atoms with van der Waals surface area (Å²) in [6, 6.07) is 11.3. The highest BCUT2D eigenvalue weighted by atomic mass is 79.9. The second kappa shape index (κ2) is 5.10.